The highest BCUT2D eigenvalue weighted by Gasteiger charge is 2.21. The Morgan fingerprint density at radius 2 is 2.17 bits per heavy atom. The van der Waals surface area contributed by atoms with Crippen LogP contribution >= 0.6 is 0 Å². The molecular weight excluding hydrogens is 228 g/mol. The maximum absolute atomic E-state index is 9.58. The van der Waals surface area contributed by atoms with Gasteiger partial charge < -0.3 is 9.84 Å². The number of rotatable bonds is 5. The van der Waals surface area contributed by atoms with E-state index in [0.29, 0.717) is 13.0 Å². The zero-order chi connectivity index (χ0) is 13.4. The van der Waals surface area contributed by atoms with E-state index < -0.39 is 0 Å². The lowest BCUT2D eigenvalue weighted by atomic mass is 10.0. The molecule has 0 heterocycles. The Balaban J connectivity index is 3.03. The van der Waals surface area contributed by atoms with Gasteiger partial charge in [-0.15, -0.1) is 0 Å². The van der Waals surface area contributed by atoms with Crippen molar-refractivity contribution < 1.29 is 9.84 Å². The van der Waals surface area contributed by atoms with Gasteiger partial charge in [-0.3, -0.25) is 0 Å². The highest BCUT2D eigenvalue weighted by molar-refractivity contribution is 5.54. The maximum Gasteiger partial charge on any atom is 0.444 e. The Kier molecular flexibility index (Phi) is 5.46. The number of aliphatic hydroxyl groups excluding tert-OH is 1. The van der Waals surface area contributed by atoms with Crippen LogP contribution < -0.4 is 0 Å². The molecule has 0 aliphatic heterocycles. The largest absolute Gasteiger partial charge is 0.475 e. The van der Waals surface area contributed by atoms with Crippen molar-refractivity contribution in [2.45, 2.75) is 20.3 Å². The minimum Gasteiger partial charge on any atom is -0.475 e. The molecule has 0 radical (unpaired) electrons. The molecule has 0 fully saturated rings. The van der Waals surface area contributed by atoms with E-state index in [2.05, 4.69) is 4.98 Å². The van der Waals surface area contributed by atoms with Crippen LogP contribution in [0.25, 0.3) is 11.1 Å². The number of benzene rings is 1. The minimum atomic E-state index is -0.338. The summed E-state index contributed by atoms with van der Waals surface area (Å²) in [4.78, 5) is 3.08. The normalized spacial score (nSPS) is 12.1. The van der Waals surface area contributed by atoms with Crippen LogP contribution in [-0.2, 0) is 11.2 Å². The van der Waals surface area contributed by atoms with E-state index in [1.54, 1.807) is 6.92 Å². The third-order valence-electron chi connectivity index (χ3n) is 2.41. The summed E-state index contributed by atoms with van der Waals surface area (Å²) in [6.45, 7) is 4.00. The molecule has 0 aliphatic rings. The van der Waals surface area contributed by atoms with Gasteiger partial charge in [0.1, 0.15) is 0 Å². The summed E-state index contributed by atoms with van der Waals surface area (Å²) in [5.41, 5.74) is 2.09. The molecule has 0 bridgehead atoms. The van der Waals surface area contributed by atoms with Gasteiger partial charge in [0, 0.05) is 0 Å². The summed E-state index contributed by atoms with van der Waals surface area (Å²) in [6.07, 6.45) is 4.20. The number of allylic oxidation sites excluding steroid dienone is 2. The van der Waals surface area contributed by atoms with Crippen LogP contribution in [-0.4, -0.2) is 11.7 Å². The van der Waals surface area contributed by atoms with Gasteiger partial charge >= 0.3 is 11.6 Å². The van der Waals surface area contributed by atoms with Gasteiger partial charge in [-0.1, -0.05) is 36.4 Å². The van der Waals surface area contributed by atoms with Gasteiger partial charge in [-0.05, 0) is 25.0 Å². The topological polar surface area (TPSA) is 57.6 Å². The fourth-order valence-corrected chi connectivity index (χ4v) is 1.59. The van der Waals surface area contributed by atoms with Crippen molar-refractivity contribution in [3.8, 4) is 0 Å². The fraction of sp³-hybridized carbons (Fsp3) is 0.286. The second-order valence-electron chi connectivity index (χ2n) is 3.66. The molecule has 4 nitrogen and oxygen atoms in total. The standard InChI is InChI=1S/C14H16N2O2/c1-3-7-11-8-5-6-9-12(11)10-13(16-15)14(17)18-4-2/h3,5-9H,4,10H2,1-2H3/p+1/b7-3+,14-13+. The first-order valence-electron chi connectivity index (χ1n) is 5.83. The Morgan fingerprint density at radius 1 is 1.44 bits per heavy atom. The van der Waals surface area contributed by atoms with Gasteiger partial charge in [0.2, 0.25) is 5.39 Å². The zero-order valence-electron chi connectivity index (χ0n) is 10.6. The third kappa shape index (κ3) is 3.63. The van der Waals surface area contributed by atoms with E-state index in [1.165, 1.54) is 0 Å². The van der Waals surface area contributed by atoms with Crippen molar-refractivity contribution in [1.29, 1.82) is 5.39 Å². The molecule has 1 aromatic rings. The monoisotopic (exact) mass is 245 g/mol. The van der Waals surface area contributed by atoms with Gasteiger partial charge in [0.25, 0.3) is 0 Å². The number of aliphatic hydroxyl groups is 1. The summed E-state index contributed by atoms with van der Waals surface area (Å²) in [7, 11) is 0. The van der Waals surface area contributed by atoms with Crippen LogP contribution in [0.2, 0.25) is 0 Å². The van der Waals surface area contributed by atoms with Crippen molar-refractivity contribution in [3.63, 3.8) is 0 Å². The number of hydrogen-bond donors (Lipinski definition) is 1. The lowest BCUT2D eigenvalue weighted by Gasteiger charge is -2.02. The second-order valence-corrected chi connectivity index (χ2v) is 3.66. The SMILES string of the molecule is C/C=C/c1ccccc1C/C([N+]#N)=C(/O)OCC. The van der Waals surface area contributed by atoms with Crippen LogP contribution in [0.15, 0.2) is 42.0 Å². The van der Waals surface area contributed by atoms with Crippen molar-refractivity contribution in [2.75, 3.05) is 6.61 Å². The van der Waals surface area contributed by atoms with Crippen molar-refractivity contribution >= 4 is 6.08 Å². The molecule has 4 heteroatoms. The zero-order valence-corrected chi connectivity index (χ0v) is 10.6. The molecular formula is C14H17N2O2+. The molecule has 0 atom stereocenters. The van der Waals surface area contributed by atoms with E-state index in [0.717, 1.165) is 11.1 Å². The average Bonchev–Trinajstić information content (AvgIpc) is 2.38. The highest BCUT2D eigenvalue weighted by atomic mass is 16.6. The lowest BCUT2D eigenvalue weighted by molar-refractivity contribution is 0.0982. The van der Waals surface area contributed by atoms with Crippen molar-refractivity contribution in [3.05, 3.63) is 58.1 Å². The van der Waals surface area contributed by atoms with E-state index in [1.807, 2.05) is 43.3 Å². The molecule has 18 heavy (non-hydrogen) atoms. The average molecular weight is 245 g/mol. The minimum absolute atomic E-state index is 0.119. The third-order valence-corrected chi connectivity index (χ3v) is 2.41. The Hall–Kier alpha value is -2.28. The van der Waals surface area contributed by atoms with Crippen LogP contribution in [0.4, 0.5) is 0 Å². The van der Waals surface area contributed by atoms with Crippen molar-refractivity contribution in [2.24, 2.45) is 0 Å². The molecule has 1 N–H and O–H groups in total. The molecule has 1 aromatic carbocycles. The van der Waals surface area contributed by atoms with Gasteiger partial charge in [-0.25, -0.2) is 0 Å². The predicted molar refractivity (Wildman–Crippen MR) is 71.2 cm³/mol. The molecule has 0 aromatic heterocycles. The Labute approximate surface area is 107 Å². The molecule has 94 valence electrons. The number of nitrogens with zero attached hydrogens (tertiary/aromatic N) is 2. The van der Waals surface area contributed by atoms with E-state index in [9.17, 15) is 5.11 Å². The quantitative estimate of drug-likeness (QED) is 0.632. The molecule has 0 amide bonds. The number of hydrogen-bond acceptors (Lipinski definition) is 3. The molecule has 0 saturated heterocycles. The van der Waals surface area contributed by atoms with E-state index >= 15 is 0 Å². The summed E-state index contributed by atoms with van der Waals surface area (Å²) < 4.78 is 4.93. The number of diazo groups is 1. The van der Waals surface area contributed by atoms with Gasteiger partial charge in [0.15, 0.2) is 4.98 Å². The highest BCUT2D eigenvalue weighted by Crippen LogP contribution is 2.18. The molecule has 0 saturated carbocycles. The first kappa shape index (κ1) is 13.8. The van der Waals surface area contributed by atoms with E-state index in [-0.39, 0.29) is 11.6 Å². The Bertz CT molecular complexity index is 499. The molecule has 1 rings (SSSR count). The summed E-state index contributed by atoms with van der Waals surface area (Å²) in [6, 6.07) is 7.71. The van der Waals surface area contributed by atoms with Crippen LogP contribution in [0, 0.1) is 5.39 Å². The smallest absolute Gasteiger partial charge is 0.444 e. The summed E-state index contributed by atoms with van der Waals surface area (Å²) in [5.74, 6) is -0.338. The van der Waals surface area contributed by atoms with Crippen LogP contribution in [0.1, 0.15) is 25.0 Å². The van der Waals surface area contributed by atoms with E-state index in [4.69, 9.17) is 10.1 Å². The molecule has 0 spiro atoms. The second kappa shape index (κ2) is 7.13. The Morgan fingerprint density at radius 3 is 2.78 bits per heavy atom. The molecule has 0 aliphatic carbocycles. The maximum atomic E-state index is 9.58. The van der Waals surface area contributed by atoms with Gasteiger partial charge in [-0.2, -0.15) is 0 Å². The van der Waals surface area contributed by atoms with Crippen molar-refractivity contribution in [1.82, 2.24) is 0 Å². The fourth-order valence-electron chi connectivity index (χ4n) is 1.59. The number of ether oxygens (including phenoxy) is 1. The first-order chi connectivity index (χ1) is 8.72. The predicted octanol–water partition coefficient (Wildman–Crippen LogP) is 3.88. The summed E-state index contributed by atoms with van der Waals surface area (Å²) in [5, 5.41) is 18.5. The molecule has 0 unspecified atom stereocenters. The van der Waals surface area contributed by atoms with Crippen LogP contribution in [0.3, 0.4) is 0 Å². The van der Waals surface area contributed by atoms with Crippen LogP contribution in [0.5, 0.6) is 0 Å². The van der Waals surface area contributed by atoms with Gasteiger partial charge in [0.05, 0.1) is 13.0 Å². The lowest BCUT2D eigenvalue weighted by Crippen LogP contribution is -1.98. The summed E-state index contributed by atoms with van der Waals surface area (Å²) >= 11 is 0. The first-order valence-corrected chi connectivity index (χ1v) is 5.83.